The van der Waals surface area contributed by atoms with Crippen LogP contribution in [0, 0.1) is 17.0 Å². The second kappa shape index (κ2) is 10.3. The van der Waals surface area contributed by atoms with Crippen LogP contribution in [0.3, 0.4) is 0 Å². The molecular weight excluding hydrogens is 542 g/mol. The van der Waals surface area contributed by atoms with Crippen molar-refractivity contribution in [1.82, 2.24) is 9.88 Å². The van der Waals surface area contributed by atoms with E-state index in [1.165, 1.54) is 4.90 Å². The van der Waals surface area contributed by atoms with Crippen molar-refractivity contribution in [1.29, 1.82) is 0 Å². The normalized spacial score (nSPS) is 24.0. The molecule has 4 N–H and O–H groups in total. The van der Waals surface area contributed by atoms with Crippen molar-refractivity contribution in [3.63, 3.8) is 0 Å². The van der Waals surface area contributed by atoms with Gasteiger partial charge in [-0.2, -0.15) is 0 Å². The fraction of sp³-hybridized carbons (Fsp3) is 0.375. The quantitative estimate of drug-likeness (QED) is 0.430. The summed E-state index contributed by atoms with van der Waals surface area (Å²) < 4.78 is 28.3. The van der Waals surface area contributed by atoms with E-state index in [4.69, 9.17) is 5.11 Å². The maximum atomic E-state index is 14.2. The van der Waals surface area contributed by atoms with Crippen LogP contribution in [0.15, 0.2) is 54.7 Å². The lowest BCUT2D eigenvalue weighted by Gasteiger charge is -2.46. The number of pyridine rings is 1. The van der Waals surface area contributed by atoms with E-state index in [0.717, 1.165) is 34.9 Å². The zero-order chi connectivity index (χ0) is 29.8. The van der Waals surface area contributed by atoms with Gasteiger partial charge < -0.3 is 20.6 Å². The van der Waals surface area contributed by atoms with Gasteiger partial charge in [-0.3, -0.25) is 14.4 Å². The SMILES string of the molecule is CCC1(CC)C(=O)N(CC(=O)Nc2ccc3c(c2)CC2(C3)C(=O)Nc3ncccc32)C(c2cc(F)cc(F)c2)CC1[OH2+]. The molecule has 1 aromatic heterocycles. The Bertz CT molecular complexity index is 1590. The number of fused-ring (bicyclic) bond motifs is 3. The Kier molecular flexibility index (Phi) is 6.84. The average molecular weight is 576 g/mol. The predicted molar refractivity (Wildman–Crippen MR) is 153 cm³/mol. The van der Waals surface area contributed by atoms with E-state index in [2.05, 4.69) is 15.6 Å². The van der Waals surface area contributed by atoms with Crippen molar-refractivity contribution in [2.24, 2.45) is 5.41 Å². The number of hydrogen-bond donors (Lipinski definition) is 2. The number of anilines is 2. The molecule has 3 atom stereocenters. The summed E-state index contributed by atoms with van der Waals surface area (Å²) in [5, 5.41) is 14.5. The van der Waals surface area contributed by atoms with Crippen molar-refractivity contribution < 1.29 is 28.3 Å². The number of benzene rings is 2. The lowest BCUT2D eigenvalue weighted by molar-refractivity contribution is -0.165. The molecule has 0 bridgehead atoms. The maximum absolute atomic E-state index is 14.2. The molecule has 1 spiro atoms. The van der Waals surface area contributed by atoms with Gasteiger partial charge in [0.15, 0.2) is 6.10 Å². The minimum Gasteiger partial charge on any atom is -0.442 e. The monoisotopic (exact) mass is 575 g/mol. The topological polar surface area (TPSA) is 114 Å². The van der Waals surface area contributed by atoms with Crippen LogP contribution in [-0.4, -0.2) is 45.4 Å². The van der Waals surface area contributed by atoms with Gasteiger partial charge in [-0.15, -0.1) is 0 Å². The van der Waals surface area contributed by atoms with E-state index in [0.29, 0.717) is 37.2 Å². The predicted octanol–water partition coefficient (Wildman–Crippen LogP) is 4.16. The van der Waals surface area contributed by atoms with Crippen molar-refractivity contribution in [2.75, 3.05) is 17.2 Å². The number of halogens is 2. The third kappa shape index (κ3) is 4.36. The van der Waals surface area contributed by atoms with E-state index in [1.54, 1.807) is 12.3 Å². The number of piperidine rings is 1. The summed E-state index contributed by atoms with van der Waals surface area (Å²) in [6.45, 7) is 3.36. The molecule has 218 valence electrons. The van der Waals surface area contributed by atoms with Crippen molar-refractivity contribution in [2.45, 2.75) is 63.5 Å². The van der Waals surface area contributed by atoms with Gasteiger partial charge in [-0.1, -0.05) is 26.0 Å². The van der Waals surface area contributed by atoms with Crippen LogP contribution in [0.5, 0.6) is 0 Å². The van der Waals surface area contributed by atoms with E-state index >= 15 is 0 Å². The van der Waals surface area contributed by atoms with Crippen LogP contribution in [0.1, 0.15) is 61.4 Å². The second-order valence-electron chi connectivity index (χ2n) is 11.6. The molecule has 0 saturated carbocycles. The lowest BCUT2D eigenvalue weighted by atomic mass is 9.69. The van der Waals surface area contributed by atoms with Crippen molar-refractivity contribution in [3.05, 3.63) is 88.6 Å². The number of aromatic nitrogens is 1. The number of nitrogens with zero attached hydrogens (tertiary/aromatic N) is 2. The molecule has 1 fully saturated rings. The Morgan fingerprint density at radius 3 is 2.50 bits per heavy atom. The minimum atomic E-state index is -0.989. The Balaban J connectivity index is 1.25. The van der Waals surface area contributed by atoms with Gasteiger partial charge in [0.05, 0.1) is 11.5 Å². The third-order valence-electron chi connectivity index (χ3n) is 9.50. The number of likely N-dealkylation sites (tertiary alicyclic amines) is 1. The molecule has 2 aliphatic heterocycles. The molecule has 1 saturated heterocycles. The molecule has 0 radical (unpaired) electrons. The van der Waals surface area contributed by atoms with Gasteiger partial charge in [0, 0.05) is 29.9 Å². The number of hydrogen-bond acceptors (Lipinski definition) is 4. The largest absolute Gasteiger partial charge is 0.442 e. The summed E-state index contributed by atoms with van der Waals surface area (Å²) in [5.41, 5.74) is 1.83. The third-order valence-corrected chi connectivity index (χ3v) is 9.50. The molecule has 6 rings (SSSR count). The van der Waals surface area contributed by atoms with Gasteiger partial charge in [0.2, 0.25) is 17.7 Å². The van der Waals surface area contributed by atoms with Crippen LogP contribution in [0.25, 0.3) is 0 Å². The molecule has 3 heterocycles. The molecule has 3 unspecified atom stereocenters. The summed E-state index contributed by atoms with van der Waals surface area (Å²) in [6, 6.07) is 11.5. The highest BCUT2D eigenvalue weighted by Crippen LogP contribution is 2.47. The van der Waals surface area contributed by atoms with Crippen molar-refractivity contribution in [3.8, 4) is 0 Å². The van der Waals surface area contributed by atoms with E-state index in [-0.39, 0.29) is 30.3 Å². The summed E-state index contributed by atoms with van der Waals surface area (Å²) in [5.74, 6) is -1.90. The first-order valence-corrected chi connectivity index (χ1v) is 14.3. The van der Waals surface area contributed by atoms with Crippen LogP contribution in [0.4, 0.5) is 20.3 Å². The summed E-state index contributed by atoms with van der Waals surface area (Å²) in [6.07, 6.45) is 2.84. The van der Waals surface area contributed by atoms with Crippen LogP contribution in [0.2, 0.25) is 0 Å². The number of carbonyl (C=O) groups is 3. The highest BCUT2D eigenvalue weighted by Gasteiger charge is 2.55. The molecule has 2 aromatic carbocycles. The van der Waals surface area contributed by atoms with Gasteiger partial charge in [0.1, 0.15) is 29.4 Å². The fourth-order valence-corrected chi connectivity index (χ4v) is 7.16. The highest BCUT2D eigenvalue weighted by molar-refractivity contribution is 6.06. The second-order valence-corrected chi connectivity index (χ2v) is 11.6. The van der Waals surface area contributed by atoms with E-state index in [1.807, 2.05) is 38.1 Å². The molecular formula is C32H33F2N4O4+. The molecule has 3 amide bonds. The fourth-order valence-electron chi connectivity index (χ4n) is 7.16. The average Bonchev–Trinajstić information content (AvgIpc) is 3.47. The Morgan fingerprint density at radius 1 is 1.07 bits per heavy atom. The summed E-state index contributed by atoms with van der Waals surface area (Å²) in [7, 11) is 0. The highest BCUT2D eigenvalue weighted by atomic mass is 19.1. The number of carbonyl (C=O) groups excluding carboxylic acids is 3. The number of amides is 3. The van der Waals surface area contributed by atoms with Gasteiger partial charge in [-0.05, 0) is 72.7 Å². The standard InChI is InChI=1S/C32H32F2N4O4/c1-3-31(4-2)26(39)14-25(19-10-21(33)13-22(34)11-19)38(30(31)42)17-27(40)36-23-8-7-18-15-32(16-20(18)12-23)24-6-5-9-35-28(24)37-29(32)41/h5-13,25-26,39H,3-4,14-17H2,1-2H3,(H,36,40)(H,35,37,41)/p+1. The molecule has 3 aromatic rings. The van der Waals surface area contributed by atoms with Crippen LogP contribution < -0.4 is 10.6 Å². The zero-order valence-corrected chi connectivity index (χ0v) is 23.5. The summed E-state index contributed by atoms with van der Waals surface area (Å²) in [4.78, 5) is 46.0. The van der Waals surface area contributed by atoms with E-state index < -0.39 is 40.5 Å². The molecule has 3 aliphatic rings. The van der Waals surface area contributed by atoms with E-state index in [9.17, 15) is 23.2 Å². The van der Waals surface area contributed by atoms with Gasteiger partial charge in [0.25, 0.3) is 0 Å². The first-order valence-electron chi connectivity index (χ1n) is 14.3. The Hall–Kier alpha value is -4.18. The van der Waals surface area contributed by atoms with Crippen molar-refractivity contribution >= 4 is 29.2 Å². The first-order chi connectivity index (χ1) is 20.1. The first kappa shape index (κ1) is 28.0. The number of nitrogens with one attached hydrogen (secondary N) is 2. The number of rotatable bonds is 6. The molecule has 42 heavy (non-hydrogen) atoms. The molecule has 1 aliphatic carbocycles. The van der Waals surface area contributed by atoms with Crippen LogP contribution >= 0.6 is 0 Å². The molecule has 10 heteroatoms. The minimum absolute atomic E-state index is 0.0931. The van der Waals surface area contributed by atoms with Crippen LogP contribution in [-0.2, 0) is 32.6 Å². The van der Waals surface area contributed by atoms with Gasteiger partial charge >= 0.3 is 0 Å². The smallest absolute Gasteiger partial charge is 0.244 e. The van der Waals surface area contributed by atoms with Gasteiger partial charge in [-0.25, -0.2) is 13.8 Å². The zero-order valence-electron chi connectivity index (χ0n) is 23.5. The molecule has 8 nitrogen and oxygen atoms in total. The lowest BCUT2D eigenvalue weighted by Crippen LogP contribution is -2.58. The summed E-state index contributed by atoms with van der Waals surface area (Å²) >= 11 is 0. The Morgan fingerprint density at radius 2 is 1.79 bits per heavy atom. The maximum Gasteiger partial charge on any atom is 0.244 e. The Labute approximate surface area is 242 Å².